The van der Waals surface area contributed by atoms with Crippen LogP contribution in [0.4, 0.5) is 0 Å². The van der Waals surface area contributed by atoms with Gasteiger partial charge in [0.1, 0.15) is 0 Å². The predicted molar refractivity (Wildman–Crippen MR) is 64.5 cm³/mol. The van der Waals surface area contributed by atoms with Crippen LogP contribution in [0.25, 0.3) is 0 Å². The fraction of sp³-hybridized carbons (Fsp3) is 0.333. The third kappa shape index (κ3) is 2.46. The van der Waals surface area contributed by atoms with Gasteiger partial charge in [-0.3, -0.25) is 4.98 Å². The van der Waals surface area contributed by atoms with Crippen LogP contribution in [0.2, 0.25) is 0 Å². The van der Waals surface area contributed by atoms with Crippen molar-refractivity contribution < 1.29 is 5.11 Å². The third-order valence-corrected chi connectivity index (χ3v) is 3.69. The fourth-order valence-electron chi connectivity index (χ4n) is 1.60. The van der Waals surface area contributed by atoms with Crippen LogP contribution in [0.3, 0.4) is 0 Å². The second-order valence-electron chi connectivity index (χ2n) is 3.77. The lowest BCUT2D eigenvalue weighted by Crippen LogP contribution is -1.89. The molecule has 0 bridgehead atoms. The Morgan fingerprint density at radius 1 is 1.38 bits per heavy atom. The van der Waals surface area contributed by atoms with E-state index in [9.17, 15) is 5.11 Å². The van der Waals surface area contributed by atoms with E-state index in [1.54, 1.807) is 30.7 Å². The maximum Gasteiger partial charge on any atom is 0.0975 e. The Kier molecular flexibility index (Phi) is 3.31. The Morgan fingerprint density at radius 3 is 2.62 bits per heavy atom. The van der Waals surface area contributed by atoms with Gasteiger partial charge in [-0.05, 0) is 31.5 Å². The van der Waals surface area contributed by atoms with Crippen molar-refractivity contribution in [2.75, 3.05) is 0 Å². The number of thiazole rings is 1. The van der Waals surface area contributed by atoms with E-state index >= 15 is 0 Å². The predicted octanol–water partition coefficient (Wildman–Crippen LogP) is 2.49. The number of nitrogens with zero attached hydrogens (tertiary/aromatic N) is 2. The van der Waals surface area contributed by atoms with Crippen LogP contribution in [-0.4, -0.2) is 15.1 Å². The summed E-state index contributed by atoms with van der Waals surface area (Å²) in [7, 11) is 0. The van der Waals surface area contributed by atoms with E-state index in [4.69, 9.17) is 0 Å². The van der Waals surface area contributed by atoms with E-state index in [0.29, 0.717) is 0 Å². The smallest absolute Gasteiger partial charge is 0.0975 e. The van der Waals surface area contributed by atoms with Crippen molar-refractivity contribution in [2.45, 2.75) is 26.4 Å². The van der Waals surface area contributed by atoms with Gasteiger partial charge in [-0.1, -0.05) is 0 Å². The van der Waals surface area contributed by atoms with Crippen molar-refractivity contribution in [3.05, 3.63) is 45.7 Å². The summed E-state index contributed by atoms with van der Waals surface area (Å²) in [5.74, 6) is 0. The Balaban J connectivity index is 2.20. The number of aliphatic hydroxyl groups is 1. The van der Waals surface area contributed by atoms with Gasteiger partial charge in [0.15, 0.2) is 0 Å². The summed E-state index contributed by atoms with van der Waals surface area (Å²) < 4.78 is 0. The Morgan fingerprint density at radius 2 is 2.06 bits per heavy atom. The number of hydrogen-bond donors (Lipinski definition) is 1. The van der Waals surface area contributed by atoms with Crippen molar-refractivity contribution in [3.63, 3.8) is 0 Å². The van der Waals surface area contributed by atoms with Crippen LogP contribution in [0.1, 0.15) is 34.2 Å². The van der Waals surface area contributed by atoms with E-state index in [1.807, 2.05) is 19.1 Å². The van der Waals surface area contributed by atoms with E-state index in [1.165, 1.54) is 5.56 Å². The lowest BCUT2D eigenvalue weighted by Gasteiger charge is -1.98. The first-order valence-corrected chi connectivity index (χ1v) is 6.01. The largest absolute Gasteiger partial charge is 0.388 e. The van der Waals surface area contributed by atoms with Crippen molar-refractivity contribution in [1.29, 1.82) is 0 Å². The summed E-state index contributed by atoms with van der Waals surface area (Å²) in [6.07, 6.45) is 3.95. The SMILES string of the molecule is Cc1nc(Cc2ccncc2)sc1C(C)O. The minimum absolute atomic E-state index is 0.427. The minimum atomic E-state index is -0.427. The summed E-state index contributed by atoms with van der Waals surface area (Å²) in [5.41, 5.74) is 2.13. The molecule has 0 aliphatic rings. The second-order valence-corrected chi connectivity index (χ2v) is 4.88. The monoisotopic (exact) mass is 234 g/mol. The molecule has 1 unspecified atom stereocenters. The first kappa shape index (κ1) is 11.2. The zero-order valence-corrected chi connectivity index (χ0v) is 10.2. The summed E-state index contributed by atoms with van der Waals surface area (Å²) >= 11 is 1.58. The van der Waals surface area contributed by atoms with Crippen molar-refractivity contribution in [2.24, 2.45) is 0 Å². The molecule has 2 heterocycles. The molecule has 2 aromatic heterocycles. The van der Waals surface area contributed by atoms with Crippen LogP contribution < -0.4 is 0 Å². The van der Waals surface area contributed by atoms with Gasteiger partial charge >= 0.3 is 0 Å². The highest BCUT2D eigenvalue weighted by atomic mass is 32.1. The van der Waals surface area contributed by atoms with Crippen LogP contribution in [0.5, 0.6) is 0 Å². The summed E-state index contributed by atoms with van der Waals surface area (Å²) in [4.78, 5) is 9.41. The number of hydrogen-bond acceptors (Lipinski definition) is 4. The van der Waals surface area contributed by atoms with Gasteiger partial charge in [0, 0.05) is 18.8 Å². The molecule has 4 heteroatoms. The number of aryl methyl sites for hydroxylation is 1. The lowest BCUT2D eigenvalue weighted by atomic mass is 10.2. The van der Waals surface area contributed by atoms with Crippen molar-refractivity contribution in [1.82, 2.24) is 9.97 Å². The first-order chi connectivity index (χ1) is 7.66. The summed E-state index contributed by atoms with van der Waals surface area (Å²) in [6.45, 7) is 3.71. The third-order valence-electron chi connectivity index (χ3n) is 2.36. The standard InChI is InChI=1S/C12H14N2OS/c1-8-12(9(2)15)16-11(14-8)7-10-3-5-13-6-4-10/h3-6,9,15H,7H2,1-2H3. The van der Waals surface area contributed by atoms with Gasteiger partial charge in [0.25, 0.3) is 0 Å². The topological polar surface area (TPSA) is 46.0 Å². The Hall–Kier alpha value is -1.26. The molecule has 0 spiro atoms. The van der Waals surface area contributed by atoms with Crippen LogP contribution in [0, 0.1) is 6.92 Å². The molecule has 16 heavy (non-hydrogen) atoms. The molecule has 0 aromatic carbocycles. The first-order valence-electron chi connectivity index (χ1n) is 5.20. The van der Waals surface area contributed by atoms with Gasteiger partial charge in [-0.2, -0.15) is 0 Å². The molecule has 2 rings (SSSR count). The highest BCUT2D eigenvalue weighted by Gasteiger charge is 2.11. The maximum atomic E-state index is 9.54. The minimum Gasteiger partial charge on any atom is -0.388 e. The molecule has 0 aliphatic heterocycles. The number of aliphatic hydroxyl groups excluding tert-OH is 1. The van der Waals surface area contributed by atoms with E-state index in [2.05, 4.69) is 9.97 Å². The molecule has 1 N–H and O–H groups in total. The highest BCUT2D eigenvalue weighted by Crippen LogP contribution is 2.26. The molecule has 0 saturated carbocycles. The van der Waals surface area contributed by atoms with Gasteiger partial charge in [-0.25, -0.2) is 4.98 Å². The summed E-state index contributed by atoms with van der Waals surface area (Å²) in [5, 5.41) is 10.6. The molecule has 84 valence electrons. The van der Waals surface area contributed by atoms with Gasteiger partial charge in [0.05, 0.1) is 21.7 Å². The molecule has 2 aromatic rings. The van der Waals surface area contributed by atoms with Crippen molar-refractivity contribution >= 4 is 11.3 Å². The average molecular weight is 234 g/mol. The normalized spacial score (nSPS) is 12.7. The molecule has 1 atom stereocenters. The fourth-order valence-corrected chi connectivity index (χ4v) is 2.64. The highest BCUT2D eigenvalue weighted by molar-refractivity contribution is 7.11. The second kappa shape index (κ2) is 4.72. The van der Waals surface area contributed by atoms with E-state index in [0.717, 1.165) is 22.0 Å². The van der Waals surface area contributed by atoms with E-state index < -0.39 is 6.10 Å². The molecule has 3 nitrogen and oxygen atoms in total. The maximum absolute atomic E-state index is 9.54. The quantitative estimate of drug-likeness (QED) is 0.887. The molecule has 0 saturated heterocycles. The average Bonchev–Trinajstić information content (AvgIpc) is 2.61. The molecular weight excluding hydrogens is 220 g/mol. The zero-order valence-electron chi connectivity index (χ0n) is 9.34. The molecule has 0 fully saturated rings. The van der Waals surface area contributed by atoms with Crippen molar-refractivity contribution in [3.8, 4) is 0 Å². The molecule has 0 amide bonds. The van der Waals surface area contributed by atoms with E-state index in [-0.39, 0.29) is 0 Å². The Labute approximate surface area is 98.8 Å². The number of rotatable bonds is 3. The molecular formula is C12H14N2OS. The van der Waals surface area contributed by atoms with Gasteiger partial charge in [0.2, 0.25) is 0 Å². The Bertz CT molecular complexity index is 465. The number of aromatic nitrogens is 2. The lowest BCUT2D eigenvalue weighted by molar-refractivity contribution is 0.202. The van der Waals surface area contributed by atoms with Crippen LogP contribution in [0.15, 0.2) is 24.5 Å². The van der Waals surface area contributed by atoms with Crippen LogP contribution >= 0.6 is 11.3 Å². The van der Waals surface area contributed by atoms with Crippen LogP contribution in [-0.2, 0) is 6.42 Å². The van der Waals surface area contributed by atoms with Gasteiger partial charge < -0.3 is 5.11 Å². The molecule has 0 aliphatic carbocycles. The zero-order chi connectivity index (χ0) is 11.5. The van der Waals surface area contributed by atoms with Gasteiger partial charge in [-0.15, -0.1) is 11.3 Å². The summed E-state index contributed by atoms with van der Waals surface area (Å²) in [6, 6.07) is 3.97. The molecule has 0 radical (unpaired) electrons. The number of pyridine rings is 1.